The number of hydrogen-bond donors (Lipinski definition) is 1. The van der Waals surface area contributed by atoms with Crippen molar-refractivity contribution in [1.82, 2.24) is 0 Å². The maximum atomic E-state index is 12.6. The summed E-state index contributed by atoms with van der Waals surface area (Å²) in [4.78, 5) is 0.914. The molecule has 1 aromatic carbocycles. The van der Waals surface area contributed by atoms with Gasteiger partial charge < -0.3 is 5.73 Å². The largest absolute Gasteiger partial charge is 0.399 e. The second kappa shape index (κ2) is 4.39. The zero-order chi connectivity index (χ0) is 12.0. The van der Waals surface area contributed by atoms with Gasteiger partial charge in [0.1, 0.15) is 0 Å². The first-order valence-corrected chi connectivity index (χ1v) is 8.11. The molecule has 3 rings (SSSR count). The average Bonchev–Trinajstić information content (AvgIpc) is 2.89. The van der Waals surface area contributed by atoms with Crippen molar-refractivity contribution in [3.05, 3.63) is 22.7 Å². The smallest absolute Gasteiger partial charge is 0.0575 e. The van der Waals surface area contributed by atoms with E-state index in [0.29, 0.717) is 16.9 Å². The van der Waals surface area contributed by atoms with Gasteiger partial charge in [-0.05, 0) is 65.2 Å². The Labute approximate surface area is 113 Å². The molecule has 2 aliphatic carbocycles. The Morgan fingerprint density at radius 3 is 2.71 bits per heavy atom. The molecule has 4 unspecified atom stereocenters. The third-order valence-corrected chi connectivity index (χ3v) is 6.96. The number of rotatable bonds is 2. The lowest BCUT2D eigenvalue weighted by Gasteiger charge is -2.21. The molecule has 1 aromatic rings. The lowest BCUT2D eigenvalue weighted by molar-refractivity contribution is 0.482. The fourth-order valence-corrected chi connectivity index (χ4v) is 5.99. The van der Waals surface area contributed by atoms with Gasteiger partial charge in [0.05, 0.1) is 15.7 Å². The second-order valence-corrected chi connectivity index (χ2v) is 7.70. The first-order chi connectivity index (χ1) is 8.15. The maximum Gasteiger partial charge on any atom is 0.0575 e. The number of hydrogen-bond acceptors (Lipinski definition) is 2. The molecule has 2 bridgehead atoms. The van der Waals surface area contributed by atoms with Crippen LogP contribution >= 0.6 is 15.9 Å². The molecule has 0 aliphatic heterocycles. The van der Waals surface area contributed by atoms with Crippen LogP contribution in [0.3, 0.4) is 0 Å². The zero-order valence-corrected chi connectivity index (χ0v) is 12.0. The molecule has 2 nitrogen and oxygen atoms in total. The minimum absolute atomic E-state index is 0.369. The van der Waals surface area contributed by atoms with Crippen molar-refractivity contribution in [3.8, 4) is 0 Å². The molecule has 92 valence electrons. The molecule has 0 radical (unpaired) electrons. The minimum atomic E-state index is -0.881. The third-order valence-electron chi connectivity index (χ3n) is 4.12. The Bertz CT molecular complexity index is 476. The molecule has 4 atom stereocenters. The summed E-state index contributed by atoms with van der Waals surface area (Å²) < 4.78 is 13.5. The van der Waals surface area contributed by atoms with E-state index >= 15 is 0 Å². The maximum absolute atomic E-state index is 12.6. The molecule has 0 heterocycles. The van der Waals surface area contributed by atoms with E-state index in [2.05, 4.69) is 15.9 Å². The Morgan fingerprint density at radius 2 is 2.12 bits per heavy atom. The third kappa shape index (κ3) is 2.06. The monoisotopic (exact) mass is 313 g/mol. The van der Waals surface area contributed by atoms with E-state index in [4.69, 9.17) is 5.73 Å². The lowest BCUT2D eigenvalue weighted by atomic mass is 10.0. The van der Waals surface area contributed by atoms with Gasteiger partial charge in [0.2, 0.25) is 0 Å². The highest BCUT2D eigenvalue weighted by atomic mass is 79.9. The van der Waals surface area contributed by atoms with E-state index in [1.54, 1.807) is 0 Å². The van der Waals surface area contributed by atoms with Gasteiger partial charge in [0.25, 0.3) is 0 Å². The highest BCUT2D eigenvalue weighted by Crippen LogP contribution is 2.48. The van der Waals surface area contributed by atoms with Gasteiger partial charge in [-0.1, -0.05) is 6.42 Å². The van der Waals surface area contributed by atoms with E-state index in [1.807, 2.05) is 18.2 Å². The molecular weight excluding hydrogens is 298 g/mol. The van der Waals surface area contributed by atoms with Crippen molar-refractivity contribution in [2.75, 3.05) is 5.73 Å². The molecule has 0 aromatic heterocycles. The van der Waals surface area contributed by atoms with E-state index in [9.17, 15) is 4.21 Å². The van der Waals surface area contributed by atoms with Gasteiger partial charge in [-0.15, -0.1) is 0 Å². The van der Waals surface area contributed by atoms with Crippen LogP contribution in [0.2, 0.25) is 0 Å². The van der Waals surface area contributed by atoms with Crippen LogP contribution < -0.4 is 5.73 Å². The molecule has 2 N–H and O–H groups in total. The second-order valence-electron chi connectivity index (χ2n) is 5.20. The molecule has 2 saturated carbocycles. The van der Waals surface area contributed by atoms with Crippen LogP contribution in [0, 0.1) is 11.8 Å². The van der Waals surface area contributed by atoms with Gasteiger partial charge in [-0.3, -0.25) is 4.21 Å². The van der Waals surface area contributed by atoms with Crippen molar-refractivity contribution in [3.63, 3.8) is 0 Å². The first-order valence-electron chi connectivity index (χ1n) is 6.11. The summed E-state index contributed by atoms with van der Waals surface area (Å²) in [6.45, 7) is 0. The Balaban J connectivity index is 1.87. The fraction of sp³-hybridized carbons (Fsp3) is 0.538. The summed E-state index contributed by atoms with van der Waals surface area (Å²) >= 11 is 3.47. The molecule has 4 heteroatoms. The standard InChI is InChI=1S/C13H16BrNOS/c14-11-7-10(15)3-4-12(11)17(16)13-6-8-1-2-9(13)5-8/h3-4,7-9,13H,1-2,5-6,15H2. The number of benzene rings is 1. The minimum Gasteiger partial charge on any atom is -0.399 e. The fourth-order valence-electron chi connectivity index (χ4n) is 3.29. The van der Waals surface area contributed by atoms with Crippen molar-refractivity contribution < 1.29 is 4.21 Å². The Kier molecular flexibility index (Phi) is 3.03. The number of nitrogens with two attached hydrogens (primary N) is 1. The molecule has 0 spiro atoms. The van der Waals surface area contributed by atoms with Gasteiger partial charge in [-0.25, -0.2) is 0 Å². The van der Waals surface area contributed by atoms with Crippen molar-refractivity contribution in [2.45, 2.75) is 35.8 Å². The Hall–Kier alpha value is -0.350. The summed E-state index contributed by atoms with van der Waals surface area (Å²) in [7, 11) is -0.881. The SMILES string of the molecule is Nc1ccc(S(=O)C2CC3CCC2C3)c(Br)c1. The normalized spacial score (nSPS) is 32.9. The van der Waals surface area contributed by atoms with Crippen LogP contribution in [0.1, 0.15) is 25.7 Å². The molecule has 2 aliphatic rings. The van der Waals surface area contributed by atoms with Crippen LogP contribution in [0.4, 0.5) is 5.69 Å². The number of fused-ring (bicyclic) bond motifs is 2. The summed E-state index contributed by atoms with van der Waals surface area (Å²) in [5.74, 6) is 1.52. The van der Waals surface area contributed by atoms with Gasteiger partial charge in [0, 0.05) is 15.4 Å². The van der Waals surface area contributed by atoms with E-state index in [0.717, 1.165) is 21.7 Å². The summed E-state index contributed by atoms with van der Waals surface area (Å²) in [6, 6.07) is 5.59. The quantitative estimate of drug-likeness (QED) is 0.851. The van der Waals surface area contributed by atoms with Gasteiger partial charge >= 0.3 is 0 Å². The van der Waals surface area contributed by atoms with E-state index in [1.165, 1.54) is 19.3 Å². The van der Waals surface area contributed by atoms with Gasteiger partial charge in [-0.2, -0.15) is 0 Å². The summed E-state index contributed by atoms with van der Waals surface area (Å²) in [5.41, 5.74) is 6.43. The molecule has 17 heavy (non-hydrogen) atoms. The highest BCUT2D eigenvalue weighted by molar-refractivity contribution is 9.10. The average molecular weight is 314 g/mol. The van der Waals surface area contributed by atoms with Crippen LogP contribution in [0.15, 0.2) is 27.6 Å². The van der Waals surface area contributed by atoms with Crippen LogP contribution in [0.5, 0.6) is 0 Å². The number of anilines is 1. The molecule has 0 saturated heterocycles. The lowest BCUT2D eigenvalue weighted by Crippen LogP contribution is -2.22. The summed E-state index contributed by atoms with van der Waals surface area (Å²) in [5, 5.41) is 0.369. The zero-order valence-electron chi connectivity index (χ0n) is 9.56. The van der Waals surface area contributed by atoms with Crippen molar-refractivity contribution in [1.29, 1.82) is 0 Å². The molecule has 0 amide bonds. The van der Waals surface area contributed by atoms with Crippen LogP contribution in [0.25, 0.3) is 0 Å². The summed E-state index contributed by atoms with van der Waals surface area (Å²) in [6.07, 6.45) is 5.06. The van der Waals surface area contributed by atoms with E-state index < -0.39 is 10.8 Å². The van der Waals surface area contributed by atoms with Crippen LogP contribution in [-0.4, -0.2) is 9.46 Å². The first kappa shape index (κ1) is 11.7. The van der Waals surface area contributed by atoms with Crippen LogP contribution in [-0.2, 0) is 10.8 Å². The highest BCUT2D eigenvalue weighted by Gasteiger charge is 2.43. The predicted octanol–water partition coefficient (Wildman–Crippen LogP) is 3.33. The van der Waals surface area contributed by atoms with Crippen molar-refractivity contribution in [2.24, 2.45) is 11.8 Å². The van der Waals surface area contributed by atoms with Crippen molar-refractivity contribution >= 4 is 32.4 Å². The molecular formula is C13H16BrNOS. The Morgan fingerprint density at radius 1 is 1.29 bits per heavy atom. The topological polar surface area (TPSA) is 43.1 Å². The number of nitrogen functional groups attached to an aromatic ring is 1. The van der Waals surface area contributed by atoms with E-state index in [-0.39, 0.29) is 0 Å². The number of halogens is 1. The predicted molar refractivity (Wildman–Crippen MR) is 74.2 cm³/mol. The van der Waals surface area contributed by atoms with Gasteiger partial charge in [0.15, 0.2) is 0 Å². The molecule has 2 fully saturated rings.